The van der Waals surface area contributed by atoms with Crippen LogP contribution in [0.2, 0.25) is 0 Å². The van der Waals surface area contributed by atoms with Crippen molar-refractivity contribution in [3.05, 3.63) is 71.4 Å². The topological polar surface area (TPSA) is 84.9 Å². The number of nitrogens with one attached hydrogen (secondary N) is 1. The Balaban J connectivity index is 2.07. The van der Waals surface area contributed by atoms with Crippen LogP contribution in [0.5, 0.6) is 11.5 Å². The van der Waals surface area contributed by atoms with Crippen LogP contribution in [0.1, 0.15) is 25.5 Å². The molecule has 0 radical (unpaired) electrons. The molecule has 0 spiro atoms. The molecule has 0 saturated carbocycles. The van der Waals surface area contributed by atoms with Crippen LogP contribution in [0, 0.1) is 0 Å². The number of carbonyl (C=O) groups excluding carboxylic acids is 3. The number of rotatable bonds is 4. The maximum Gasteiger partial charge on any atom is 0.337 e. The standard InChI is InChI=1S/C21H20N2O5/c1-13-18(20(25)27-3)19(23(14(2)24)21(26)22-13)15-8-7-11-17(12-15)28-16-9-5-4-6-10-16/h4-12,19H,1-3H3,(H,22,26). The predicted octanol–water partition coefficient (Wildman–Crippen LogP) is 3.54. The van der Waals surface area contributed by atoms with E-state index in [9.17, 15) is 14.4 Å². The van der Waals surface area contributed by atoms with Crippen molar-refractivity contribution in [3.8, 4) is 11.5 Å². The van der Waals surface area contributed by atoms with Gasteiger partial charge >= 0.3 is 12.0 Å². The molecule has 1 aliphatic heterocycles. The highest BCUT2D eigenvalue weighted by atomic mass is 16.5. The number of para-hydroxylation sites is 1. The number of allylic oxidation sites excluding steroid dienone is 1. The number of nitrogens with zero attached hydrogens (tertiary/aromatic N) is 1. The molecule has 0 aliphatic carbocycles. The summed E-state index contributed by atoms with van der Waals surface area (Å²) >= 11 is 0. The summed E-state index contributed by atoms with van der Waals surface area (Å²) in [5.41, 5.74) is 1.08. The maximum atomic E-state index is 12.4. The van der Waals surface area contributed by atoms with Crippen LogP contribution in [0.3, 0.4) is 0 Å². The van der Waals surface area contributed by atoms with E-state index in [-0.39, 0.29) is 5.57 Å². The van der Waals surface area contributed by atoms with Gasteiger partial charge in [-0.25, -0.2) is 9.59 Å². The molecule has 1 atom stereocenters. The number of urea groups is 1. The molecule has 0 saturated heterocycles. The Labute approximate surface area is 162 Å². The van der Waals surface area contributed by atoms with Gasteiger partial charge in [-0.2, -0.15) is 0 Å². The van der Waals surface area contributed by atoms with Crippen LogP contribution in [0.15, 0.2) is 65.9 Å². The van der Waals surface area contributed by atoms with E-state index in [0.29, 0.717) is 22.8 Å². The molecular formula is C21H20N2O5. The number of esters is 1. The van der Waals surface area contributed by atoms with Crippen molar-refractivity contribution in [2.24, 2.45) is 0 Å². The third-order valence-electron chi connectivity index (χ3n) is 4.35. The summed E-state index contributed by atoms with van der Waals surface area (Å²) in [6.07, 6.45) is 0. The van der Waals surface area contributed by atoms with Gasteiger partial charge in [-0.3, -0.25) is 9.69 Å². The van der Waals surface area contributed by atoms with Crippen molar-refractivity contribution in [2.45, 2.75) is 19.9 Å². The van der Waals surface area contributed by atoms with Gasteiger partial charge in [0.1, 0.15) is 17.5 Å². The first-order chi connectivity index (χ1) is 13.4. The highest BCUT2D eigenvalue weighted by Crippen LogP contribution is 2.36. The summed E-state index contributed by atoms with van der Waals surface area (Å²) in [7, 11) is 1.25. The molecule has 1 unspecified atom stereocenters. The van der Waals surface area contributed by atoms with Gasteiger partial charge in [0.2, 0.25) is 5.91 Å². The molecule has 1 N–H and O–H groups in total. The van der Waals surface area contributed by atoms with Crippen LogP contribution in [0.4, 0.5) is 4.79 Å². The molecule has 2 aromatic carbocycles. The largest absolute Gasteiger partial charge is 0.466 e. The van der Waals surface area contributed by atoms with E-state index in [1.54, 1.807) is 31.2 Å². The molecule has 1 heterocycles. The monoisotopic (exact) mass is 380 g/mol. The van der Waals surface area contributed by atoms with Gasteiger partial charge in [-0.1, -0.05) is 30.3 Å². The maximum absolute atomic E-state index is 12.4. The van der Waals surface area contributed by atoms with Gasteiger partial charge in [0.05, 0.1) is 12.7 Å². The van der Waals surface area contributed by atoms with Crippen molar-refractivity contribution in [1.82, 2.24) is 10.2 Å². The second kappa shape index (κ2) is 7.96. The molecule has 0 bridgehead atoms. The lowest BCUT2D eigenvalue weighted by atomic mass is 9.93. The molecule has 3 rings (SSSR count). The molecule has 7 nitrogen and oxygen atoms in total. The molecule has 2 aromatic rings. The second-order valence-electron chi connectivity index (χ2n) is 6.24. The Morgan fingerprint density at radius 2 is 1.71 bits per heavy atom. The molecule has 1 aliphatic rings. The molecular weight excluding hydrogens is 360 g/mol. The van der Waals surface area contributed by atoms with E-state index < -0.39 is 23.9 Å². The zero-order chi connectivity index (χ0) is 20.3. The Morgan fingerprint density at radius 3 is 2.36 bits per heavy atom. The predicted molar refractivity (Wildman–Crippen MR) is 101 cm³/mol. The van der Waals surface area contributed by atoms with Crippen LogP contribution < -0.4 is 10.1 Å². The summed E-state index contributed by atoms with van der Waals surface area (Å²) in [4.78, 5) is 38.0. The summed E-state index contributed by atoms with van der Waals surface area (Å²) in [6.45, 7) is 2.87. The number of benzene rings is 2. The van der Waals surface area contributed by atoms with Crippen LogP contribution in [-0.2, 0) is 14.3 Å². The molecule has 3 amide bonds. The molecule has 0 aromatic heterocycles. The van der Waals surface area contributed by atoms with Crippen molar-refractivity contribution in [1.29, 1.82) is 0 Å². The van der Waals surface area contributed by atoms with Crippen LogP contribution in [0.25, 0.3) is 0 Å². The number of methoxy groups -OCH3 is 1. The molecule has 144 valence electrons. The highest BCUT2D eigenvalue weighted by Gasteiger charge is 2.40. The van der Waals surface area contributed by atoms with E-state index in [2.05, 4.69) is 5.32 Å². The van der Waals surface area contributed by atoms with E-state index in [4.69, 9.17) is 9.47 Å². The Morgan fingerprint density at radius 1 is 1.04 bits per heavy atom. The minimum Gasteiger partial charge on any atom is -0.466 e. The van der Waals surface area contributed by atoms with Gasteiger partial charge in [-0.15, -0.1) is 0 Å². The Bertz CT molecular complexity index is 952. The Kier molecular flexibility index (Phi) is 5.44. The molecule has 28 heavy (non-hydrogen) atoms. The fourth-order valence-corrected chi connectivity index (χ4v) is 3.13. The van der Waals surface area contributed by atoms with E-state index >= 15 is 0 Å². The third-order valence-corrected chi connectivity index (χ3v) is 4.35. The Hall–Kier alpha value is -3.61. The number of ether oxygens (including phenoxy) is 2. The highest BCUT2D eigenvalue weighted by molar-refractivity contribution is 6.01. The number of carbonyl (C=O) groups is 3. The van der Waals surface area contributed by atoms with Crippen molar-refractivity contribution >= 4 is 17.9 Å². The average Bonchev–Trinajstić information content (AvgIpc) is 2.67. The fourth-order valence-electron chi connectivity index (χ4n) is 3.13. The average molecular weight is 380 g/mol. The van der Waals surface area contributed by atoms with Crippen LogP contribution >= 0.6 is 0 Å². The molecule has 0 fully saturated rings. The van der Waals surface area contributed by atoms with Gasteiger partial charge in [0, 0.05) is 12.6 Å². The van der Waals surface area contributed by atoms with Crippen molar-refractivity contribution in [3.63, 3.8) is 0 Å². The normalized spacial score (nSPS) is 16.5. The summed E-state index contributed by atoms with van der Waals surface area (Å²) in [5, 5.41) is 2.54. The van der Waals surface area contributed by atoms with Gasteiger partial charge in [0.25, 0.3) is 0 Å². The lowest BCUT2D eigenvalue weighted by Gasteiger charge is -2.35. The lowest BCUT2D eigenvalue weighted by molar-refractivity contribution is -0.137. The first-order valence-electron chi connectivity index (χ1n) is 8.65. The van der Waals surface area contributed by atoms with Crippen LogP contribution in [-0.4, -0.2) is 29.9 Å². The SMILES string of the molecule is COC(=O)C1=C(C)NC(=O)N(C(C)=O)C1c1cccc(Oc2ccccc2)c1. The van der Waals surface area contributed by atoms with Crippen molar-refractivity contribution < 1.29 is 23.9 Å². The first-order valence-corrected chi connectivity index (χ1v) is 8.65. The van der Waals surface area contributed by atoms with E-state index in [1.165, 1.54) is 14.0 Å². The lowest BCUT2D eigenvalue weighted by Crippen LogP contribution is -2.50. The molecule has 7 heteroatoms. The van der Waals surface area contributed by atoms with Gasteiger partial charge in [0.15, 0.2) is 0 Å². The van der Waals surface area contributed by atoms with E-state index in [0.717, 1.165) is 4.90 Å². The summed E-state index contributed by atoms with van der Waals surface area (Å²) < 4.78 is 10.7. The van der Waals surface area contributed by atoms with E-state index in [1.807, 2.05) is 30.3 Å². The number of amides is 3. The van der Waals surface area contributed by atoms with Gasteiger partial charge in [-0.05, 0) is 36.8 Å². The zero-order valence-corrected chi connectivity index (χ0v) is 15.8. The fraction of sp³-hybridized carbons (Fsp3) is 0.190. The van der Waals surface area contributed by atoms with Gasteiger partial charge < -0.3 is 14.8 Å². The summed E-state index contributed by atoms with van der Waals surface area (Å²) in [5.74, 6) is 0.0401. The first kappa shape index (κ1) is 19.2. The third kappa shape index (κ3) is 3.73. The zero-order valence-electron chi connectivity index (χ0n) is 15.8. The minimum absolute atomic E-state index is 0.189. The number of imide groups is 1. The number of hydrogen-bond acceptors (Lipinski definition) is 5. The quantitative estimate of drug-likeness (QED) is 0.820. The number of hydrogen-bond donors (Lipinski definition) is 1. The van der Waals surface area contributed by atoms with Crippen molar-refractivity contribution in [2.75, 3.05) is 7.11 Å². The summed E-state index contributed by atoms with van der Waals surface area (Å²) in [6, 6.07) is 14.6. The smallest absolute Gasteiger partial charge is 0.337 e. The minimum atomic E-state index is -0.918. The second-order valence-corrected chi connectivity index (χ2v) is 6.24.